The number of esters is 3. The highest BCUT2D eigenvalue weighted by molar-refractivity contribution is 5.71. The van der Waals surface area contributed by atoms with E-state index in [4.69, 9.17) is 14.2 Å². The first-order chi connectivity index (χ1) is 29.5. The van der Waals surface area contributed by atoms with Crippen LogP contribution in [0.2, 0.25) is 0 Å². The summed E-state index contributed by atoms with van der Waals surface area (Å²) in [5, 5.41) is 0. The van der Waals surface area contributed by atoms with Crippen molar-refractivity contribution in [2.24, 2.45) is 0 Å². The maximum absolute atomic E-state index is 12.7. The smallest absolute Gasteiger partial charge is 0.306 e. The van der Waals surface area contributed by atoms with Gasteiger partial charge in [-0.2, -0.15) is 0 Å². The Hall–Kier alpha value is -1.59. The van der Waals surface area contributed by atoms with Crippen molar-refractivity contribution in [3.8, 4) is 0 Å². The van der Waals surface area contributed by atoms with Gasteiger partial charge >= 0.3 is 17.9 Å². The van der Waals surface area contributed by atoms with Gasteiger partial charge in [0.25, 0.3) is 0 Å². The molecule has 0 aromatic carbocycles. The Kier molecular flexibility index (Phi) is 48.7. The zero-order valence-electron chi connectivity index (χ0n) is 40.8. The highest BCUT2D eigenvalue weighted by Crippen LogP contribution is 2.17. The lowest BCUT2D eigenvalue weighted by molar-refractivity contribution is -0.167. The molecule has 0 aromatic rings. The minimum absolute atomic E-state index is 0.0630. The van der Waals surface area contributed by atoms with E-state index in [-0.39, 0.29) is 31.1 Å². The van der Waals surface area contributed by atoms with Crippen LogP contribution >= 0.6 is 0 Å². The third-order valence-corrected chi connectivity index (χ3v) is 12.4. The summed E-state index contributed by atoms with van der Waals surface area (Å²) in [6.45, 7) is 6.61. The van der Waals surface area contributed by atoms with Crippen molar-refractivity contribution in [1.82, 2.24) is 0 Å². The van der Waals surface area contributed by atoms with Crippen molar-refractivity contribution in [2.45, 2.75) is 316 Å². The van der Waals surface area contributed by atoms with Crippen LogP contribution in [0.1, 0.15) is 310 Å². The molecule has 60 heavy (non-hydrogen) atoms. The summed E-state index contributed by atoms with van der Waals surface area (Å²) < 4.78 is 16.7. The van der Waals surface area contributed by atoms with Crippen molar-refractivity contribution in [1.29, 1.82) is 0 Å². The van der Waals surface area contributed by atoms with E-state index in [9.17, 15) is 14.4 Å². The lowest BCUT2D eigenvalue weighted by Crippen LogP contribution is -2.30. The topological polar surface area (TPSA) is 78.9 Å². The number of hydrogen-bond donors (Lipinski definition) is 0. The van der Waals surface area contributed by atoms with Crippen LogP contribution in [0.4, 0.5) is 0 Å². The highest BCUT2D eigenvalue weighted by atomic mass is 16.6. The summed E-state index contributed by atoms with van der Waals surface area (Å²) in [6.07, 6.45) is 54.2. The van der Waals surface area contributed by atoms with Crippen LogP contribution in [0.25, 0.3) is 0 Å². The number of unbranched alkanes of at least 4 members (excludes halogenated alkanes) is 39. The molecule has 1 unspecified atom stereocenters. The Morgan fingerprint density at radius 3 is 0.667 bits per heavy atom. The van der Waals surface area contributed by atoms with E-state index in [0.29, 0.717) is 19.3 Å². The molecule has 0 aliphatic rings. The van der Waals surface area contributed by atoms with Gasteiger partial charge in [-0.3, -0.25) is 14.4 Å². The Morgan fingerprint density at radius 2 is 0.450 bits per heavy atom. The van der Waals surface area contributed by atoms with E-state index in [1.165, 1.54) is 205 Å². The van der Waals surface area contributed by atoms with Crippen molar-refractivity contribution < 1.29 is 28.6 Å². The second-order valence-corrected chi connectivity index (χ2v) is 18.5. The summed E-state index contributed by atoms with van der Waals surface area (Å²) in [7, 11) is 0. The largest absolute Gasteiger partial charge is 0.462 e. The molecule has 0 saturated carbocycles. The van der Waals surface area contributed by atoms with Crippen LogP contribution in [0.5, 0.6) is 0 Å². The van der Waals surface area contributed by atoms with Crippen LogP contribution < -0.4 is 0 Å². The summed E-state index contributed by atoms with van der Waals surface area (Å²) in [4.78, 5) is 37.7. The minimum atomic E-state index is -0.758. The average Bonchev–Trinajstić information content (AvgIpc) is 3.24. The second kappa shape index (κ2) is 50.1. The molecule has 0 heterocycles. The maximum Gasteiger partial charge on any atom is 0.306 e. The molecule has 356 valence electrons. The van der Waals surface area contributed by atoms with E-state index in [1.807, 2.05) is 0 Å². The summed E-state index contributed by atoms with van der Waals surface area (Å²) in [5.74, 6) is -0.856. The second-order valence-electron chi connectivity index (χ2n) is 18.5. The van der Waals surface area contributed by atoms with Crippen molar-refractivity contribution in [2.75, 3.05) is 13.2 Å². The Labute approximate surface area is 374 Å². The quantitative estimate of drug-likeness (QED) is 0.0345. The third kappa shape index (κ3) is 47.5. The van der Waals surface area contributed by atoms with Gasteiger partial charge in [-0.15, -0.1) is 0 Å². The fraction of sp³-hybridized carbons (Fsp3) is 0.944. The molecular weight excluding hydrogens is 745 g/mol. The van der Waals surface area contributed by atoms with Gasteiger partial charge in [-0.1, -0.05) is 271 Å². The normalized spacial score (nSPS) is 11.8. The predicted molar refractivity (Wildman–Crippen MR) is 257 cm³/mol. The number of carbonyl (C=O) groups excluding carboxylic acids is 3. The van der Waals surface area contributed by atoms with Gasteiger partial charge in [-0.05, 0) is 19.3 Å². The van der Waals surface area contributed by atoms with Crippen LogP contribution in [0, 0.1) is 0 Å². The van der Waals surface area contributed by atoms with Gasteiger partial charge in [0.1, 0.15) is 13.2 Å². The SMILES string of the molecule is CCCCCCCCCCCCCCCCCCCCCCCCCC(=O)OCC(COC(=O)CCCCCCC)OC(=O)CCCCCCCCCCCCCCCC. The minimum Gasteiger partial charge on any atom is -0.462 e. The molecule has 6 heteroatoms. The van der Waals surface area contributed by atoms with E-state index in [1.54, 1.807) is 0 Å². The zero-order valence-corrected chi connectivity index (χ0v) is 40.8. The molecule has 6 nitrogen and oxygen atoms in total. The maximum atomic E-state index is 12.7. The van der Waals surface area contributed by atoms with Crippen LogP contribution in [-0.4, -0.2) is 37.2 Å². The highest BCUT2D eigenvalue weighted by Gasteiger charge is 2.19. The average molecular weight is 849 g/mol. The number of carbonyl (C=O) groups is 3. The molecular formula is C54H104O6. The first-order valence-corrected chi connectivity index (χ1v) is 27.0. The van der Waals surface area contributed by atoms with Crippen molar-refractivity contribution in [3.63, 3.8) is 0 Å². The standard InChI is InChI=1S/C54H104O6/c1-4-7-10-13-15-17-19-21-23-24-25-26-27-28-29-30-31-33-34-36-38-41-44-47-53(56)59-50-51(49-58-52(55)46-43-40-12-9-6-3)60-54(57)48-45-42-39-37-35-32-22-20-18-16-14-11-8-5-2/h51H,4-50H2,1-3H3. The van der Waals surface area contributed by atoms with E-state index >= 15 is 0 Å². The fourth-order valence-electron chi connectivity index (χ4n) is 8.27. The van der Waals surface area contributed by atoms with E-state index < -0.39 is 6.10 Å². The molecule has 0 aromatic heterocycles. The molecule has 0 spiro atoms. The summed E-state index contributed by atoms with van der Waals surface area (Å²) in [6, 6.07) is 0. The molecule has 0 N–H and O–H groups in total. The molecule has 0 rings (SSSR count). The van der Waals surface area contributed by atoms with Crippen LogP contribution in [-0.2, 0) is 28.6 Å². The molecule has 0 amide bonds. The number of rotatable bonds is 50. The molecule has 0 bridgehead atoms. The van der Waals surface area contributed by atoms with Crippen LogP contribution in [0.15, 0.2) is 0 Å². The van der Waals surface area contributed by atoms with Crippen molar-refractivity contribution in [3.05, 3.63) is 0 Å². The lowest BCUT2D eigenvalue weighted by Gasteiger charge is -2.18. The Morgan fingerprint density at radius 1 is 0.267 bits per heavy atom. The summed E-state index contributed by atoms with van der Waals surface area (Å²) >= 11 is 0. The molecule has 0 aliphatic carbocycles. The Bertz CT molecular complexity index is 889. The first kappa shape index (κ1) is 58.4. The van der Waals surface area contributed by atoms with Crippen LogP contribution in [0.3, 0.4) is 0 Å². The molecule has 0 aliphatic heterocycles. The number of hydrogen-bond acceptors (Lipinski definition) is 6. The van der Waals surface area contributed by atoms with Gasteiger partial charge in [0.2, 0.25) is 0 Å². The molecule has 0 fully saturated rings. The first-order valence-electron chi connectivity index (χ1n) is 27.0. The van der Waals surface area contributed by atoms with Gasteiger partial charge in [0.05, 0.1) is 0 Å². The molecule has 1 atom stereocenters. The third-order valence-electron chi connectivity index (χ3n) is 12.4. The lowest BCUT2D eigenvalue weighted by atomic mass is 10.0. The zero-order chi connectivity index (χ0) is 43.7. The summed E-state index contributed by atoms with van der Waals surface area (Å²) in [5.41, 5.74) is 0. The number of ether oxygens (including phenoxy) is 3. The van der Waals surface area contributed by atoms with Gasteiger partial charge in [0.15, 0.2) is 6.10 Å². The molecule has 0 radical (unpaired) electrons. The van der Waals surface area contributed by atoms with Crippen molar-refractivity contribution >= 4 is 17.9 Å². The van der Waals surface area contributed by atoms with Gasteiger partial charge in [0, 0.05) is 19.3 Å². The van der Waals surface area contributed by atoms with E-state index in [0.717, 1.165) is 64.2 Å². The monoisotopic (exact) mass is 849 g/mol. The van der Waals surface area contributed by atoms with E-state index in [2.05, 4.69) is 20.8 Å². The fourth-order valence-corrected chi connectivity index (χ4v) is 8.27. The predicted octanol–water partition coefficient (Wildman–Crippen LogP) is 17.6. The molecule has 0 saturated heterocycles. The van der Waals surface area contributed by atoms with Gasteiger partial charge < -0.3 is 14.2 Å². The Balaban J connectivity index is 4.01. The van der Waals surface area contributed by atoms with Gasteiger partial charge in [-0.25, -0.2) is 0 Å².